The average Bonchev–Trinajstić information content (AvgIpc) is 3.00. The van der Waals surface area contributed by atoms with Crippen molar-refractivity contribution in [2.75, 3.05) is 25.4 Å². The summed E-state index contributed by atoms with van der Waals surface area (Å²) in [6, 6.07) is 10.4. The molecular formula is C20H26N2O3S. The highest BCUT2D eigenvalue weighted by Crippen LogP contribution is 2.23. The van der Waals surface area contributed by atoms with Crippen molar-refractivity contribution in [3.63, 3.8) is 0 Å². The Hall–Kier alpha value is -1.95. The molecule has 1 atom stereocenters. The van der Waals surface area contributed by atoms with Crippen molar-refractivity contribution in [3.8, 4) is 0 Å². The van der Waals surface area contributed by atoms with Crippen LogP contribution in [0.5, 0.6) is 0 Å². The molecule has 2 aliphatic heterocycles. The SMILES string of the molecule is CC1CN(C2CCN(C(=O)CCSC=Cc3ccccc3)CC2)C(=O)O1. The number of ether oxygens (including phenoxy) is 1. The zero-order valence-electron chi connectivity index (χ0n) is 15.2. The second-order valence-electron chi connectivity index (χ2n) is 6.79. The van der Waals surface area contributed by atoms with E-state index in [1.165, 1.54) is 5.56 Å². The number of likely N-dealkylation sites (tertiary alicyclic amines) is 1. The third-order valence-corrected chi connectivity index (χ3v) is 5.61. The Bertz CT molecular complexity index is 642. The fourth-order valence-electron chi connectivity index (χ4n) is 3.42. The monoisotopic (exact) mass is 374 g/mol. The summed E-state index contributed by atoms with van der Waals surface area (Å²) < 4.78 is 5.21. The maximum Gasteiger partial charge on any atom is 0.410 e. The van der Waals surface area contributed by atoms with Crippen molar-refractivity contribution in [1.82, 2.24) is 9.80 Å². The molecule has 6 heteroatoms. The molecule has 0 N–H and O–H groups in total. The molecule has 0 radical (unpaired) electrons. The largest absolute Gasteiger partial charge is 0.444 e. The van der Waals surface area contributed by atoms with Crippen LogP contribution in [-0.2, 0) is 9.53 Å². The summed E-state index contributed by atoms with van der Waals surface area (Å²) in [5, 5.41) is 2.05. The number of hydrogen-bond donors (Lipinski definition) is 0. The van der Waals surface area contributed by atoms with E-state index in [9.17, 15) is 9.59 Å². The highest BCUT2D eigenvalue weighted by atomic mass is 32.2. The average molecular weight is 375 g/mol. The summed E-state index contributed by atoms with van der Waals surface area (Å²) in [5.74, 6) is 0.999. The van der Waals surface area contributed by atoms with Gasteiger partial charge in [0.1, 0.15) is 6.10 Å². The zero-order chi connectivity index (χ0) is 18.4. The number of rotatable bonds is 6. The number of piperidine rings is 1. The van der Waals surface area contributed by atoms with Gasteiger partial charge < -0.3 is 14.5 Å². The molecular weight excluding hydrogens is 348 g/mol. The lowest BCUT2D eigenvalue weighted by Crippen LogP contribution is -2.47. The van der Waals surface area contributed by atoms with E-state index >= 15 is 0 Å². The van der Waals surface area contributed by atoms with Crippen LogP contribution >= 0.6 is 11.8 Å². The Morgan fingerprint density at radius 3 is 2.65 bits per heavy atom. The van der Waals surface area contributed by atoms with Gasteiger partial charge in [-0.2, -0.15) is 0 Å². The van der Waals surface area contributed by atoms with Crippen LogP contribution in [0.25, 0.3) is 6.08 Å². The summed E-state index contributed by atoms with van der Waals surface area (Å²) in [5.41, 5.74) is 1.17. The smallest absolute Gasteiger partial charge is 0.410 e. The van der Waals surface area contributed by atoms with Crippen LogP contribution in [0.4, 0.5) is 4.79 Å². The minimum atomic E-state index is -0.205. The maximum absolute atomic E-state index is 12.4. The van der Waals surface area contributed by atoms with Crippen LogP contribution in [0, 0.1) is 0 Å². The molecule has 0 saturated carbocycles. The predicted octanol–water partition coefficient (Wildman–Crippen LogP) is 3.61. The Balaban J connectivity index is 1.35. The third-order valence-electron chi connectivity index (χ3n) is 4.84. The number of nitrogens with zero attached hydrogens (tertiary/aromatic N) is 2. The van der Waals surface area contributed by atoms with E-state index < -0.39 is 0 Å². The molecule has 1 unspecified atom stereocenters. The normalized spacial score (nSPS) is 21.4. The molecule has 0 spiro atoms. The van der Waals surface area contributed by atoms with E-state index in [0.717, 1.165) is 31.7 Å². The first-order valence-corrected chi connectivity index (χ1v) is 10.3. The van der Waals surface area contributed by atoms with E-state index in [1.54, 1.807) is 11.8 Å². The number of amides is 2. The van der Waals surface area contributed by atoms with E-state index in [2.05, 4.69) is 23.6 Å². The number of hydrogen-bond acceptors (Lipinski definition) is 4. The van der Waals surface area contributed by atoms with Crippen LogP contribution in [0.2, 0.25) is 0 Å². The number of carbonyl (C=O) groups excluding carboxylic acids is 2. The van der Waals surface area contributed by atoms with Gasteiger partial charge in [-0.3, -0.25) is 4.79 Å². The van der Waals surface area contributed by atoms with Gasteiger partial charge in [0.15, 0.2) is 0 Å². The Labute approximate surface area is 159 Å². The molecule has 1 aromatic carbocycles. The zero-order valence-corrected chi connectivity index (χ0v) is 16.0. The molecule has 2 fully saturated rings. The molecule has 26 heavy (non-hydrogen) atoms. The van der Waals surface area contributed by atoms with Crippen molar-refractivity contribution < 1.29 is 14.3 Å². The molecule has 2 saturated heterocycles. The van der Waals surface area contributed by atoms with Gasteiger partial charge in [-0.25, -0.2) is 4.79 Å². The number of carbonyl (C=O) groups is 2. The van der Waals surface area contributed by atoms with Crippen LogP contribution < -0.4 is 0 Å². The molecule has 2 amide bonds. The van der Waals surface area contributed by atoms with Gasteiger partial charge in [0.2, 0.25) is 5.91 Å². The number of thioether (sulfide) groups is 1. The summed E-state index contributed by atoms with van der Waals surface area (Å²) in [6.07, 6.45) is 4.07. The number of cyclic esters (lactones) is 1. The summed E-state index contributed by atoms with van der Waals surface area (Å²) in [4.78, 5) is 27.9. The fourth-order valence-corrected chi connectivity index (χ4v) is 4.10. The van der Waals surface area contributed by atoms with Crippen LogP contribution in [-0.4, -0.2) is 59.3 Å². The van der Waals surface area contributed by atoms with Crippen molar-refractivity contribution in [2.24, 2.45) is 0 Å². The highest BCUT2D eigenvalue weighted by Gasteiger charge is 2.36. The van der Waals surface area contributed by atoms with Crippen LogP contribution in [0.15, 0.2) is 35.7 Å². The van der Waals surface area contributed by atoms with Gasteiger partial charge in [-0.15, -0.1) is 11.8 Å². The van der Waals surface area contributed by atoms with Crippen molar-refractivity contribution >= 4 is 29.8 Å². The van der Waals surface area contributed by atoms with E-state index in [4.69, 9.17) is 4.74 Å². The van der Waals surface area contributed by atoms with Crippen molar-refractivity contribution in [3.05, 3.63) is 41.3 Å². The fraction of sp³-hybridized carbons (Fsp3) is 0.500. The second kappa shape index (κ2) is 9.12. The molecule has 0 aliphatic carbocycles. The molecule has 2 aliphatic rings. The van der Waals surface area contributed by atoms with Crippen molar-refractivity contribution in [2.45, 2.75) is 38.3 Å². The standard InChI is InChI=1S/C20H26N2O3S/c1-16-15-22(20(24)25-16)18-7-11-21(12-8-18)19(23)10-14-26-13-9-17-5-3-2-4-6-17/h2-6,9,13,16,18H,7-8,10-12,14-15H2,1H3. The molecule has 2 heterocycles. The van der Waals surface area contributed by atoms with Gasteiger partial charge in [-0.05, 0) is 36.8 Å². The Kier molecular flexibility index (Phi) is 6.61. The molecule has 1 aromatic rings. The van der Waals surface area contributed by atoms with Gasteiger partial charge in [0.25, 0.3) is 0 Å². The molecule has 140 valence electrons. The van der Waals surface area contributed by atoms with E-state index in [0.29, 0.717) is 13.0 Å². The Morgan fingerprint density at radius 2 is 2.00 bits per heavy atom. The predicted molar refractivity (Wildman–Crippen MR) is 105 cm³/mol. The molecule has 3 rings (SSSR count). The van der Waals surface area contributed by atoms with Crippen LogP contribution in [0.1, 0.15) is 31.7 Å². The van der Waals surface area contributed by atoms with E-state index in [1.807, 2.05) is 34.9 Å². The van der Waals surface area contributed by atoms with Gasteiger partial charge in [-0.1, -0.05) is 30.3 Å². The van der Waals surface area contributed by atoms with E-state index in [-0.39, 0.29) is 24.1 Å². The lowest BCUT2D eigenvalue weighted by Gasteiger charge is -2.35. The molecule has 5 nitrogen and oxygen atoms in total. The van der Waals surface area contributed by atoms with Gasteiger partial charge in [0.05, 0.1) is 6.54 Å². The minimum absolute atomic E-state index is 0.0249. The lowest BCUT2D eigenvalue weighted by atomic mass is 10.0. The molecule has 0 bridgehead atoms. The first-order chi connectivity index (χ1) is 12.6. The minimum Gasteiger partial charge on any atom is -0.444 e. The van der Waals surface area contributed by atoms with Crippen molar-refractivity contribution in [1.29, 1.82) is 0 Å². The third kappa shape index (κ3) is 5.04. The Morgan fingerprint density at radius 1 is 1.27 bits per heavy atom. The molecule has 0 aromatic heterocycles. The van der Waals surface area contributed by atoms with Gasteiger partial charge in [0, 0.05) is 31.3 Å². The van der Waals surface area contributed by atoms with Crippen LogP contribution in [0.3, 0.4) is 0 Å². The summed E-state index contributed by atoms with van der Waals surface area (Å²) in [6.45, 7) is 4.04. The highest BCUT2D eigenvalue weighted by molar-refractivity contribution is 8.02. The lowest BCUT2D eigenvalue weighted by molar-refractivity contribution is -0.132. The quantitative estimate of drug-likeness (QED) is 0.714. The van der Waals surface area contributed by atoms with Gasteiger partial charge >= 0.3 is 6.09 Å². The first kappa shape index (κ1) is 18.8. The maximum atomic E-state index is 12.4. The summed E-state index contributed by atoms with van der Waals surface area (Å²) >= 11 is 1.66. The topological polar surface area (TPSA) is 49.9 Å². The first-order valence-electron chi connectivity index (χ1n) is 9.21. The second-order valence-corrected chi connectivity index (χ2v) is 7.81. The summed E-state index contributed by atoms with van der Waals surface area (Å²) in [7, 11) is 0. The number of benzene rings is 1.